The molecule has 3 aliphatic rings. The van der Waals surface area contributed by atoms with Crippen LogP contribution in [0.4, 0.5) is 0 Å². The molecule has 0 bridgehead atoms. The predicted molar refractivity (Wildman–Crippen MR) is 144 cm³/mol. The van der Waals surface area contributed by atoms with Crippen LogP contribution in [0.2, 0.25) is 5.02 Å². The van der Waals surface area contributed by atoms with Crippen LogP contribution in [0.1, 0.15) is 32.1 Å². The van der Waals surface area contributed by atoms with Crippen LogP contribution in [0.3, 0.4) is 0 Å². The Morgan fingerprint density at radius 2 is 2.08 bits per heavy atom. The Kier molecular flexibility index (Phi) is 9.41. The molecule has 2 saturated heterocycles. The minimum atomic E-state index is 0.181. The van der Waals surface area contributed by atoms with E-state index in [1.165, 1.54) is 6.34 Å². The smallest absolute Gasteiger partial charge is 0.222 e. The summed E-state index contributed by atoms with van der Waals surface area (Å²) >= 11 is 6.07. The van der Waals surface area contributed by atoms with Crippen molar-refractivity contribution in [3.63, 3.8) is 0 Å². The number of hydrogen-bond acceptors (Lipinski definition) is 6. The van der Waals surface area contributed by atoms with Crippen molar-refractivity contribution in [3.8, 4) is 5.75 Å². The molecule has 0 N–H and O–H groups in total. The van der Waals surface area contributed by atoms with Crippen LogP contribution < -0.4 is 4.74 Å². The third-order valence-corrected chi connectivity index (χ3v) is 7.14. The Hall–Kier alpha value is -3.10. The van der Waals surface area contributed by atoms with Gasteiger partial charge in [-0.1, -0.05) is 23.7 Å². The molecule has 9 heteroatoms. The molecule has 4 rings (SSSR count). The molecule has 0 atom stereocenters. The van der Waals surface area contributed by atoms with Gasteiger partial charge in [0, 0.05) is 48.0 Å². The summed E-state index contributed by atoms with van der Waals surface area (Å²) in [4.78, 5) is 22.8. The van der Waals surface area contributed by atoms with Crippen LogP contribution in [-0.4, -0.2) is 70.5 Å². The molecule has 198 valence electrons. The number of hydrogen-bond donors (Lipinski definition) is 0. The summed E-state index contributed by atoms with van der Waals surface area (Å²) in [6.45, 7) is 7.45. The highest BCUT2D eigenvalue weighted by molar-refractivity contribution is 6.30. The quantitative estimate of drug-likeness (QED) is 0.231. The topological polar surface area (TPSA) is 82.0 Å². The summed E-state index contributed by atoms with van der Waals surface area (Å²) in [6, 6.07) is 7.24. The van der Waals surface area contributed by atoms with E-state index in [1.807, 2.05) is 29.2 Å². The van der Waals surface area contributed by atoms with Gasteiger partial charge in [-0.15, -0.1) is 0 Å². The third-order valence-electron chi connectivity index (χ3n) is 6.91. The number of allylic oxidation sites excluding steroid dienone is 2. The molecular formula is C28H34ClN3O5. The molecule has 2 aliphatic heterocycles. The Labute approximate surface area is 223 Å². The van der Waals surface area contributed by atoms with Crippen LogP contribution in [0, 0.1) is 5.41 Å². The van der Waals surface area contributed by atoms with E-state index in [0.29, 0.717) is 59.3 Å². The highest BCUT2D eigenvalue weighted by atomic mass is 35.5. The molecule has 1 aliphatic carbocycles. The standard InChI is InChI=1S/C28H34ClN3O5/c1-30-20-31-24-16-26(25(34-2)9-8-21(24)17-37-23-6-3-5-22(29)15-23)36-14-4-7-27(33)32-12-10-28(11-13-32)18-35-19-28/h3,5-6,8,15-16,20H,1,4,7,9-14,17-19H2,2H3. The maximum absolute atomic E-state index is 12.7. The van der Waals surface area contributed by atoms with Crippen molar-refractivity contribution in [1.29, 1.82) is 0 Å². The van der Waals surface area contributed by atoms with E-state index in [9.17, 15) is 4.79 Å². The second-order valence-corrected chi connectivity index (χ2v) is 9.89. The molecule has 0 aromatic heterocycles. The number of ether oxygens (including phenoxy) is 4. The Balaban J connectivity index is 1.33. The van der Waals surface area contributed by atoms with Crippen molar-refractivity contribution < 1.29 is 23.7 Å². The predicted octanol–water partition coefficient (Wildman–Crippen LogP) is 4.96. The first kappa shape index (κ1) is 26.9. The summed E-state index contributed by atoms with van der Waals surface area (Å²) < 4.78 is 23.0. The van der Waals surface area contributed by atoms with E-state index < -0.39 is 0 Å². The number of piperidine rings is 1. The molecule has 1 spiro atoms. The van der Waals surface area contributed by atoms with E-state index in [1.54, 1.807) is 19.2 Å². The van der Waals surface area contributed by atoms with Crippen LogP contribution in [0.5, 0.6) is 5.75 Å². The molecule has 8 nitrogen and oxygen atoms in total. The van der Waals surface area contributed by atoms with Gasteiger partial charge in [0.25, 0.3) is 0 Å². The molecule has 0 radical (unpaired) electrons. The summed E-state index contributed by atoms with van der Waals surface area (Å²) in [5, 5.41) is 0.603. The number of amides is 1. The van der Waals surface area contributed by atoms with Crippen molar-refractivity contribution in [2.24, 2.45) is 15.4 Å². The summed E-state index contributed by atoms with van der Waals surface area (Å²) in [6.07, 6.45) is 8.82. The molecular weight excluding hydrogens is 494 g/mol. The van der Waals surface area contributed by atoms with Gasteiger partial charge in [-0.05, 0) is 44.2 Å². The van der Waals surface area contributed by atoms with Gasteiger partial charge in [0.1, 0.15) is 24.5 Å². The number of likely N-dealkylation sites (tertiary alicyclic amines) is 1. The monoisotopic (exact) mass is 527 g/mol. The van der Waals surface area contributed by atoms with Crippen LogP contribution in [0.25, 0.3) is 0 Å². The molecule has 1 amide bonds. The first-order valence-electron chi connectivity index (χ1n) is 12.6. The van der Waals surface area contributed by atoms with E-state index >= 15 is 0 Å². The van der Waals surface area contributed by atoms with E-state index in [0.717, 1.165) is 44.7 Å². The van der Waals surface area contributed by atoms with Gasteiger partial charge in [0.05, 0.1) is 32.6 Å². The van der Waals surface area contributed by atoms with E-state index in [4.69, 9.17) is 30.5 Å². The molecule has 0 unspecified atom stereocenters. The van der Waals surface area contributed by atoms with Gasteiger partial charge >= 0.3 is 0 Å². The molecule has 1 aromatic carbocycles. The third kappa shape index (κ3) is 7.23. The first-order chi connectivity index (χ1) is 18.0. The lowest BCUT2D eigenvalue weighted by atomic mass is 9.77. The average Bonchev–Trinajstić information content (AvgIpc) is 3.06. The minimum absolute atomic E-state index is 0.181. The lowest BCUT2D eigenvalue weighted by Gasteiger charge is -2.47. The number of carbonyl (C=O) groups excluding carboxylic acids is 1. The number of carbonyl (C=O) groups is 1. The molecule has 0 saturated carbocycles. The normalized spacial score (nSPS) is 19.1. The van der Waals surface area contributed by atoms with Crippen molar-refractivity contribution in [3.05, 3.63) is 64.2 Å². The summed E-state index contributed by atoms with van der Waals surface area (Å²) in [5.41, 5.74) is 1.81. The Morgan fingerprint density at radius 1 is 1.27 bits per heavy atom. The fourth-order valence-corrected chi connectivity index (χ4v) is 4.75. The van der Waals surface area contributed by atoms with E-state index in [2.05, 4.69) is 16.7 Å². The fourth-order valence-electron chi connectivity index (χ4n) is 4.57. The number of benzene rings is 1. The molecule has 37 heavy (non-hydrogen) atoms. The maximum atomic E-state index is 12.7. The van der Waals surface area contributed by atoms with Gasteiger partial charge in [0.2, 0.25) is 5.91 Å². The van der Waals surface area contributed by atoms with Crippen LogP contribution >= 0.6 is 11.6 Å². The Bertz CT molecular complexity index is 1100. The van der Waals surface area contributed by atoms with Crippen molar-refractivity contribution in [2.75, 3.05) is 46.6 Å². The highest BCUT2D eigenvalue weighted by Gasteiger charge is 2.41. The van der Waals surface area contributed by atoms with Gasteiger partial charge in [-0.3, -0.25) is 9.79 Å². The largest absolute Gasteiger partial charge is 0.497 e. The molecule has 2 fully saturated rings. The molecule has 1 aromatic rings. The van der Waals surface area contributed by atoms with Gasteiger partial charge < -0.3 is 23.8 Å². The number of aliphatic imine (C=N–C) groups is 2. The van der Waals surface area contributed by atoms with Gasteiger partial charge in [-0.2, -0.15) is 0 Å². The van der Waals surface area contributed by atoms with Gasteiger partial charge in [-0.25, -0.2) is 4.99 Å². The maximum Gasteiger partial charge on any atom is 0.222 e. The SMILES string of the molecule is C=NC=NC1=CC(OCCCC(=O)N2CCC3(CC2)COC3)=C(OC)CC=C1COc1cccc(Cl)c1. The molecule has 2 heterocycles. The first-order valence-corrected chi connectivity index (χ1v) is 12.9. The van der Waals surface area contributed by atoms with Crippen LogP contribution in [-0.2, 0) is 19.0 Å². The zero-order chi connectivity index (χ0) is 26.1. The lowest BCUT2D eigenvalue weighted by molar-refractivity contribution is -0.153. The van der Waals surface area contributed by atoms with Gasteiger partial charge in [0.15, 0.2) is 5.76 Å². The second kappa shape index (κ2) is 12.9. The summed E-state index contributed by atoms with van der Waals surface area (Å²) in [7, 11) is 1.61. The number of nitrogens with zero attached hydrogens (tertiary/aromatic N) is 3. The number of methoxy groups -OCH3 is 1. The van der Waals surface area contributed by atoms with Crippen molar-refractivity contribution in [1.82, 2.24) is 4.90 Å². The Morgan fingerprint density at radius 3 is 2.76 bits per heavy atom. The average molecular weight is 528 g/mol. The second-order valence-electron chi connectivity index (χ2n) is 9.45. The number of halogens is 1. The van der Waals surface area contributed by atoms with Crippen LogP contribution in [0.15, 0.2) is 69.2 Å². The summed E-state index contributed by atoms with van der Waals surface area (Å²) in [5.74, 6) is 2.09. The minimum Gasteiger partial charge on any atom is -0.497 e. The number of rotatable bonds is 11. The zero-order valence-corrected chi connectivity index (χ0v) is 22.0. The van der Waals surface area contributed by atoms with Crippen molar-refractivity contribution >= 4 is 30.6 Å². The fraction of sp³-hybridized carbons (Fsp3) is 0.464. The lowest BCUT2D eigenvalue weighted by Crippen LogP contribution is -2.52. The van der Waals surface area contributed by atoms with Crippen molar-refractivity contribution in [2.45, 2.75) is 32.1 Å². The highest BCUT2D eigenvalue weighted by Crippen LogP contribution is 2.38. The zero-order valence-electron chi connectivity index (χ0n) is 21.3. The van der Waals surface area contributed by atoms with E-state index in [-0.39, 0.29) is 12.5 Å².